The Morgan fingerprint density at radius 3 is 2.35 bits per heavy atom. The molecule has 0 aliphatic heterocycles. The van der Waals surface area contributed by atoms with Gasteiger partial charge >= 0.3 is 0 Å². The molecule has 0 saturated heterocycles. The van der Waals surface area contributed by atoms with Crippen molar-refractivity contribution in [3.8, 4) is 5.75 Å². The second-order valence-corrected chi connectivity index (χ2v) is 4.91. The lowest BCUT2D eigenvalue weighted by Gasteiger charge is -2.12. The standard InChI is InChI=1S/C15H15ClN2O2/c16-11-3-5-12(6-4-11)18-15(20)14(17)9-10-1-7-13(19)8-2-10/h1-8,14,19H,9,17H2,(H,18,20)/t14-/m1/s1. The van der Waals surface area contributed by atoms with Crippen LogP contribution in [0.15, 0.2) is 48.5 Å². The van der Waals surface area contributed by atoms with E-state index in [1.807, 2.05) is 0 Å². The van der Waals surface area contributed by atoms with E-state index in [1.54, 1.807) is 48.5 Å². The minimum atomic E-state index is -0.657. The molecule has 1 atom stereocenters. The third-order valence-corrected chi connectivity index (χ3v) is 3.09. The smallest absolute Gasteiger partial charge is 0.241 e. The molecular weight excluding hydrogens is 276 g/mol. The molecule has 0 aliphatic rings. The Balaban J connectivity index is 1.94. The SMILES string of the molecule is N[C@H](Cc1ccc(O)cc1)C(=O)Nc1ccc(Cl)cc1. The summed E-state index contributed by atoms with van der Waals surface area (Å²) >= 11 is 5.77. The minimum absolute atomic E-state index is 0.188. The number of phenolic OH excluding ortho intramolecular Hbond substituents is 1. The van der Waals surface area contributed by atoms with Gasteiger partial charge in [-0.05, 0) is 48.4 Å². The number of halogens is 1. The van der Waals surface area contributed by atoms with E-state index in [4.69, 9.17) is 17.3 Å². The Morgan fingerprint density at radius 2 is 1.75 bits per heavy atom. The van der Waals surface area contributed by atoms with Crippen molar-refractivity contribution in [1.29, 1.82) is 0 Å². The van der Waals surface area contributed by atoms with Gasteiger partial charge in [0.1, 0.15) is 5.75 Å². The van der Waals surface area contributed by atoms with Gasteiger partial charge in [0.05, 0.1) is 6.04 Å². The first-order chi connectivity index (χ1) is 9.54. The first kappa shape index (κ1) is 14.4. The Hall–Kier alpha value is -2.04. The summed E-state index contributed by atoms with van der Waals surface area (Å²) in [5.74, 6) is -0.0756. The molecule has 0 saturated carbocycles. The molecule has 0 bridgehead atoms. The summed E-state index contributed by atoms with van der Waals surface area (Å²) in [4.78, 5) is 12.0. The highest BCUT2D eigenvalue weighted by molar-refractivity contribution is 6.30. The predicted molar refractivity (Wildman–Crippen MR) is 79.9 cm³/mol. The van der Waals surface area contributed by atoms with E-state index < -0.39 is 6.04 Å². The molecule has 2 aromatic rings. The Kier molecular flexibility index (Phi) is 4.61. The zero-order chi connectivity index (χ0) is 14.5. The molecule has 2 rings (SSSR count). The third kappa shape index (κ3) is 3.98. The lowest BCUT2D eigenvalue weighted by molar-refractivity contribution is -0.117. The number of phenols is 1. The van der Waals surface area contributed by atoms with Gasteiger partial charge < -0.3 is 16.2 Å². The topological polar surface area (TPSA) is 75.3 Å². The van der Waals surface area contributed by atoms with Gasteiger partial charge in [0, 0.05) is 10.7 Å². The number of nitrogens with one attached hydrogen (secondary N) is 1. The number of anilines is 1. The summed E-state index contributed by atoms with van der Waals surface area (Å²) in [5.41, 5.74) is 7.41. The first-order valence-corrected chi connectivity index (χ1v) is 6.52. The molecule has 0 aromatic heterocycles. The van der Waals surface area contributed by atoms with Gasteiger partial charge in [0.25, 0.3) is 0 Å². The quantitative estimate of drug-likeness (QED) is 0.810. The van der Waals surface area contributed by atoms with Gasteiger partial charge in [-0.2, -0.15) is 0 Å². The maximum atomic E-state index is 12.0. The van der Waals surface area contributed by atoms with E-state index >= 15 is 0 Å². The van der Waals surface area contributed by atoms with Crippen LogP contribution in [0.1, 0.15) is 5.56 Å². The number of nitrogens with two attached hydrogens (primary N) is 1. The van der Waals surface area contributed by atoms with Gasteiger partial charge in [-0.25, -0.2) is 0 Å². The number of carbonyl (C=O) groups is 1. The fraction of sp³-hybridized carbons (Fsp3) is 0.133. The molecule has 20 heavy (non-hydrogen) atoms. The molecule has 1 amide bonds. The summed E-state index contributed by atoms with van der Waals surface area (Å²) in [6.45, 7) is 0. The second kappa shape index (κ2) is 6.41. The number of aromatic hydroxyl groups is 1. The van der Waals surface area contributed by atoms with Crippen LogP contribution in [0.4, 0.5) is 5.69 Å². The molecular formula is C15H15ClN2O2. The number of benzene rings is 2. The normalized spacial score (nSPS) is 11.9. The van der Waals surface area contributed by atoms with E-state index in [9.17, 15) is 9.90 Å². The van der Waals surface area contributed by atoms with Crippen LogP contribution < -0.4 is 11.1 Å². The minimum Gasteiger partial charge on any atom is -0.508 e. The van der Waals surface area contributed by atoms with E-state index in [-0.39, 0.29) is 11.7 Å². The summed E-state index contributed by atoms with van der Waals surface area (Å²) in [6, 6.07) is 12.8. The molecule has 4 nitrogen and oxygen atoms in total. The number of hydrogen-bond acceptors (Lipinski definition) is 3. The highest BCUT2D eigenvalue weighted by atomic mass is 35.5. The number of amides is 1. The average molecular weight is 291 g/mol. The van der Waals surface area contributed by atoms with E-state index in [0.717, 1.165) is 5.56 Å². The number of rotatable bonds is 4. The highest BCUT2D eigenvalue weighted by Crippen LogP contribution is 2.14. The highest BCUT2D eigenvalue weighted by Gasteiger charge is 2.14. The molecule has 5 heteroatoms. The predicted octanol–water partition coefficient (Wildman–Crippen LogP) is 2.55. The van der Waals surface area contributed by atoms with Crippen molar-refractivity contribution in [2.24, 2.45) is 5.73 Å². The number of hydrogen-bond donors (Lipinski definition) is 3. The average Bonchev–Trinajstić information content (AvgIpc) is 2.44. The maximum absolute atomic E-state index is 12.0. The zero-order valence-corrected chi connectivity index (χ0v) is 11.5. The Morgan fingerprint density at radius 1 is 1.15 bits per heavy atom. The van der Waals surface area contributed by atoms with Crippen LogP contribution in [0.5, 0.6) is 5.75 Å². The molecule has 0 fully saturated rings. The van der Waals surface area contributed by atoms with Crippen molar-refractivity contribution in [3.63, 3.8) is 0 Å². The largest absolute Gasteiger partial charge is 0.508 e. The monoisotopic (exact) mass is 290 g/mol. The Labute approximate surface area is 122 Å². The van der Waals surface area contributed by atoms with Crippen molar-refractivity contribution < 1.29 is 9.90 Å². The van der Waals surface area contributed by atoms with Crippen molar-refractivity contribution >= 4 is 23.2 Å². The Bertz CT molecular complexity index is 582. The van der Waals surface area contributed by atoms with Crippen LogP contribution >= 0.6 is 11.6 Å². The molecule has 0 aliphatic carbocycles. The zero-order valence-electron chi connectivity index (χ0n) is 10.7. The first-order valence-electron chi connectivity index (χ1n) is 6.14. The fourth-order valence-corrected chi connectivity index (χ4v) is 1.87. The van der Waals surface area contributed by atoms with Gasteiger partial charge in [-0.15, -0.1) is 0 Å². The van der Waals surface area contributed by atoms with Crippen molar-refractivity contribution in [2.75, 3.05) is 5.32 Å². The summed E-state index contributed by atoms with van der Waals surface area (Å²) < 4.78 is 0. The van der Waals surface area contributed by atoms with Crippen molar-refractivity contribution in [3.05, 3.63) is 59.1 Å². The van der Waals surface area contributed by atoms with Crippen molar-refractivity contribution in [2.45, 2.75) is 12.5 Å². The lowest BCUT2D eigenvalue weighted by atomic mass is 10.1. The molecule has 0 heterocycles. The van der Waals surface area contributed by atoms with Gasteiger partial charge in [0.2, 0.25) is 5.91 Å². The van der Waals surface area contributed by atoms with Gasteiger partial charge in [-0.3, -0.25) is 4.79 Å². The van der Waals surface area contributed by atoms with Crippen LogP contribution in [-0.2, 0) is 11.2 Å². The number of carbonyl (C=O) groups excluding carboxylic acids is 1. The molecule has 4 N–H and O–H groups in total. The van der Waals surface area contributed by atoms with E-state index in [1.165, 1.54) is 0 Å². The molecule has 0 unspecified atom stereocenters. The summed E-state index contributed by atoms with van der Waals surface area (Å²) in [5, 5.41) is 12.5. The fourth-order valence-electron chi connectivity index (χ4n) is 1.75. The van der Waals surface area contributed by atoms with Crippen LogP contribution in [0.2, 0.25) is 5.02 Å². The van der Waals surface area contributed by atoms with Crippen molar-refractivity contribution in [1.82, 2.24) is 0 Å². The summed E-state index contributed by atoms with van der Waals surface area (Å²) in [7, 11) is 0. The molecule has 0 radical (unpaired) electrons. The van der Waals surface area contributed by atoms with Crippen LogP contribution in [0.3, 0.4) is 0 Å². The molecule has 0 spiro atoms. The summed E-state index contributed by atoms with van der Waals surface area (Å²) in [6.07, 6.45) is 0.402. The second-order valence-electron chi connectivity index (χ2n) is 4.47. The van der Waals surface area contributed by atoms with Gasteiger partial charge in [-0.1, -0.05) is 23.7 Å². The van der Waals surface area contributed by atoms with Crippen LogP contribution in [0, 0.1) is 0 Å². The third-order valence-electron chi connectivity index (χ3n) is 2.84. The van der Waals surface area contributed by atoms with E-state index in [0.29, 0.717) is 17.1 Å². The maximum Gasteiger partial charge on any atom is 0.241 e. The van der Waals surface area contributed by atoms with Gasteiger partial charge in [0.15, 0.2) is 0 Å². The molecule has 2 aromatic carbocycles. The van der Waals surface area contributed by atoms with Crippen LogP contribution in [-0.4, -0.2) is 17.1 Å². The van der Waals surface area contributed by atoms with Crippen LogP contribution in [0.25, 0.3) is 0 Å². The molecule has 104 valence electrons. The van der Waals surface area contributed by atoms with E-state index in [2.05, 4.69) is 5.32 Å². The lowest BCUT2D eigenvalue weighted by Crippen LogP contribution is -2.37.